The molecule has 0 spiro atoms. The molecule has 0 aromatic rings. The summed E-state index contributed by atoms with van der Waals surface area (Å²) in [5, 5.41) is 6.43. The third-order valence-electron chi connectivity index (χ3n) is 3.88. The summed E-state index contributed by atoms with van der Waals surface area (Å²) in [5.41, 5.74) is -0.450. The molecular weight excluding hydrogens is 212 g/mol. The third kappa shape index (κ3) is 4.30. The zero-order chi connectivity index (χ0) is 12.9. The summed E-state index contributed by atoms with van der Waals surface area (Å²) in [6.07, 6.45) is 6.13. The second-order valence-electron chi connectivity index (χ2n) is 5.77. The van der Waals surface area contributed by atoms with Gasteiger partial charge in [-0.1, -0.05) is 33.1 Å². The summed E-state index contributed by atoms with van der Waals surface area (Å²) < 4.78 is 0. The molecule has 3 nitrogen and oxygen atoms in total. The minimum absolute atomic E-state index is 0.140. The minimum atomic E-state index is -0.450. The molecule has 100 valence electrons. The van der Waals surface area contributed by atoms with Crippen LogP contribution in [-0.4, -0.2) is 24.0 Å². The van der Waals surface area contributed by atoms with Gasteiger partial charge >= 0.3 is 0 Å². The van der Waals surface area contributed by atoms with Crippen molar-refractivity contribution < 1.29 is 4.79 Å². The van der Waals surface area contributed by atoms with Gasteiger partial charge in [-0.25, -0.2) is 0 Å². The molecular formula is C14H28N2O. The maximum Gasteiger partial charge on any atom is 0.239 e. The molecule has 0 radical (unpaired) electrons. The summed E-state index contributed by atoms with van der Waals surface area (Å²) in [4.78, 5) is 12.1. The SMILES string of the molecule is CCNC(C)(C)C(=O)NC1CCCC(CC)C1. The summed E-state index contributed by atoms with van der Waals surface area (Å²) >= 11 is 0. The van der Waals surface area contributed by atoms with E-state index in [2.05, 4.69) is 17.6 Å². The molecule has 1 amide bonds. The van der Waals surface area contributed by atoms with Crippen molar-refractivity contribution in [3.63, 3.8) is 0 Å². The average Bonchev–Trinajstić information content (AvgIpc) is 2.29. The van der Waals surface area contributed by atoms with Gasteiger partial charge in [-0.3, -0.25) is 4.79 Å². The van der Waals surface area contributed by atoms with Crippen LogP contribution in [0.4, 0.5) is 0 Å². The molecule has 1 rings (SSSR count). The first kappa shape index (κ1) is 14.5. The van der Waals surface area contributed by atoms with Crippen molar-refractivity contribution in [1.29, 1.82) is 0 Å². The Hall–Kier alpha value is -0.570. The highest BCUT2D eigenvalue weighted by Crippen LogP contribution is 2.26. The van der Waals surface area contributed by atoms with Gasteiger partial charge in [-0.2, -0.15) is 0 Å². The Balaban J connectivity index is 2.45. The van der Waals surface area contributed by atoms with Gasteiger partial charge in [0.15, 0.2) is 0 Å². The van der Waals surface area contributed by atoms with E-state index in [1.54, 1.807) is 0 Å². The van der Waals surface area contributed by atoms with Crippen molar-refractivity contribution in [2.75, 3.05) is 6.54 Å². The Morgan fingerprint density at radius 1 is 1.29 bits per heavy atom. The number of rotatable bonds is 5. The molecule has 17 heavy (non-hydrogen) atoms. The number of amides is 1. The van der Waals surface area contributed by atoms with Crippen LogP contribution >= 0.6 is 0 Å². The lowest BCUT2D eigenvalue weighted by Gasteiger charge is -2.32. The first-order valence-electron chi connectivity index (χ1n) is 7.05. The summed E-state index contributed by atoms with van der Waals surface area (Å²) in [6, 6.07) is 0.388. The van der Waals surface area contributed by atoms with Gasteiger partial charge < -0.3 is 10.6 Å². The van der Waals surface area contributed by atoms with Crippen molar-refractivity contribution in [2.24, 2.45) is 5.92 Å². The molecule has 0 aromatic carbocycles. The van der Waals surface area contributed by atoms with E-state index in [0.29, 0.717) is 6.04 Å². The van der Waals surface area contributed by atoms with Crippen LogP contribution in [0.2, 0.25) is 0 Å². The maximum absolute atomic E-state index is 12.1. The van der Waals surface area contributed by atoms with E-state index >= 15 is 0 Å². The molecule has 1 fully saturated rings. The van der Waals surface area contributed by atoms with Crippen LogP contribution in [0.3, 0.4) is 0 Å². The highest BCUT2D eigenvalue weighted by atomic mass is 16.2. The largest absolute Gasteiger partial charge is 0.352 e. The molecule has 2 atom stereocenters. The number of carbonyl (C=O) groups excluding carboxylic acids is 1. The maximum atomic E-state index is 12.1. The fourth-order valence-corrected chi connectivity index (χ4v) is 2.68. The molecule has 0 aliphatic heterocycles. The van der Waals surface area contributed by atoms with E-state index in [-0.39, 0.29) is 5.91 Å². The normalized spacial score (nSPS) is 25.6. The van der Waals surface area contributed by atoms with Crippen LogP contribution in [0.1, 0.15) is 59.8 Å². The lowest BCUT2D eigenvalue weighted by atomic mass is 9.84. The van der Waals surface area contributed by atoms with Gasteiger partial charge in [-0.15, -0.1) is 0 Å². The Bertz CT molecular complexity index is 251. The molecule has 1 aliphatic rings. The Labute approximate surface area is 106 Å². The average molecular weight is 240 g/mol. The molecule has 0 bridgehead atoms. The second-order valence-corrected chi connectivity index (χ2v) is 5.77. The highest BCUT2D eigenvalue weighted by molar-refractivity contribution is 5.85. The zero-order valence-corrected chi connectivity index (χ0v) is 11.8. The number of hydrogen-bond donors (Lipinski definition) is 2. The number of likely N-dealkylation sites (N-methyl/N-ethyl adjacent to an activating group) is 1. The smallest absolute Gasteiger partial charge is 0.239 e. The van der Waals surface area contributed by atoms with Gasteiger partial charge in [0.2, 0.25) is 5.91 Å². The monoisotopic (exact) mass is 240 g/mol. The van der Waals surface area contributed by atoms with Gasteiger partial charge in [0, 0.05) is 6.04 Å². The quantitative estimate of drug-likeness (QED) is 0.775. The molecule has 2 N–H and O–H groups in total. The predicted molar refractivity (Wildman–Crippen MR) is 71.9 cm³/mol. The molecule has 0 heterocycles. The molecule has 1 saturated carbocycles. The van der Waals surface area contributed by atoms with Crippen molar-refractivity contribution >= 4 is 5.91 Å². The Morgan fingerprint density at radius 2 is 2.00 bits per heavy atom. The number of carbonyl (C=O) groups is 1. The van der Waals surface area contributed by atoms with Crippen molar-refractivity contribution in [2.45, 2.75) is 71.4 Å². The third-order valence-corrected chi connectivity index (χ3v) is 3.88. The van der Waals surface area contributed by atoms with E-state index in [4.69, 9.17) is 0 Å². The fourth-order valence-electron chi connectivity index (χ4n) is 2.68. The molecule has 3 heteroatoms. The van der Waals surface area contributed by atoms with Crippen LogP contribution in [0.15, 0.2) is 0 Å². The van der Waals surface area contributed by atoms with Crippen LogP contribution < -0.4 is 10.6 Å². The standard InChI is InChI=1S/C14H28N2O/c1-5-11-8-7-9-12(10-11)16-13(17)14(3,4)15-6-2/h11-12,15H,5-10H2,1-4H3,(H,16,17). The minimum Gasteiger partial charge on any atom is -0.352 e. The Morgan fingerprint density at radius 3 is 2.59 bits per heavy atom. The van der Waals surface area contributed by atoms with Crippen LogP contribution in [0, 0.1) is 5.92 Å². The lowest BCUT2D eigenvalue weighted by molar-refractivity contribution is -0.127. The molecule has 2 unspecified atom stereocenters. The summed E-state index contributed by atoms with van der Waals surface area (Å²) in [6.45, 7) is 9.00. The lowest BCUT2D eigenvalue weighted by Crippen LogP contribution is -2.55. The van der Waals surface area contributed by atoms with Crippen LogP contribution in [0.5, 0.6) is 0 Å². The highest BCUT2D eigenvalue weighted by Gasteiger charge is 2.29. The van der Waals surface area contributed by atoms with Crippen molar-refractivity contribution in [3.05, 3.63) is 0 Å². The van der Waals surface area contributed by atoms with Gasteiger partial charge in [0.05, 0.1) is 5.54 Å². The number of nitrogens with one attached hydrogen (secondary N) is 2. The zero-order valence-electron chi connectivity index (χ0n) is 11.8. The summed E-state index contributed by atoms with van der Waals surface area (Å²) in [5.74, 6) is 0.942. The van der Waals surface area contributed by atoms with E-state index < -0.39 is 5.54 Å². The first-order valence-corrected chi connectivity index (χ1v) is 7.05. The first-order chi connectivity index (χ1) is 7.99. The van der Waals surface area contributed by atoms with E-state index in [0.717, 1.165) is 25.3 Å². The molecule has 1 aliphatic carbocycles. The topological polar surface area (TPSA) is 41.1 Å². The predicted octanol–water partition coefficient (Wildman–Crippen LogP) is 2.46. The van der Waals surface area contributed by atoms with Gasteiger partial charge in [0.1, 0.15) is 0 Å². The van der Waals surface area contributed by atoms with Gasteiger partial charge in [0.25, 0.3) is 0 Å². The van der Waals surface area contributed by atoms with E-state index in [1.807, 2.05) is 20.8 Å². The van der Waals surface area contributed by atoms with Crippen LogP contribution in [0.25, 0.3) is 0 Å². The number of hydrogen-bond acceptors (Lipinski definition) is 2. The Kier molecular flexibility index (Phi) is 5.44. The molecule has 0 saturated heterocycles. The fraction of sp³-hybridized carbons (Fsp3) is 0.929. The van der Waals surface area contributed by atoms with E-state index in [1.165, 1.54) is 19.3 Å². The summed E-state index contributed by atoms with van der Waals surface area (Å²) in [7, 11) is 0. The van der Waals surface area contributed by atoms with Crippen LogP contribution in [-0.2, 0) is 4.79 Å². The van der Waals surface area contributed by atoms with E-state index in [9.17, 15) is 4.79 Å². The molecule has 0 aromatic heterocycles. The second kappa shape index (κ2) is 6.39. The van der Waals surface area contributed by atoms with Gasteiger partial charge in [-0.05, 0) is 39.2 Å². The van der Waals surface area contributed by atoms with Crippen molar-refractivity contribution in [3.8, 4) is 0 Å². The van der Waals surface area contributed by atoms with Crippen molar-refractivity contribution in [1.82, 2.24) is 10.6 Å².